The Morgan fingerprint density at radius 3 is 2.79 bits per heavy atom. The maximum atomic E-state index is 12.9. The van der Waals surface area contributed by atoms with Crippen LogP contribution in [0.4, 0.5) is 5.82 Å². The highest BCUT2D eigenvalue weighted by Crippen LogP contribution is 2.36. The lowest BCUT2D eigenvalue weighted by Crippen LogP contribution is -2.41. The molecule has 1 atom stereocenters. The largest absolute Gasteiger partial charge is 0.356 e. The number of carbonyl (C=O) groups excluding carboxylic acids is 1. The fourth-order valence-electron chi connectivity index (χ4n) is 4.77. The van der Waals surface area contributed by atoms with E-state index in [1.165, 1.54) is 30.6 Å². The maximum Gasteiger partial charge on any atom is 0.289 e. The molecule has 5 rings (SSSR count). The third kappa shape index (κ3) is 3.63. The lowest BCUT2D eigenvalue weighted by atomic mass is 9.96. The van der Waals surface area contributed by atoms with E-state index in [1.54, 1.807) is 10.8 Å². The van der Waals surface area contributed by atoms with Crippen LogP contribution >= 0.6 is 0 Å². The highest BCUT2D eigenvalue weighted by molar-refractivity contribution is 5.90. The van der Waals surface area contributed by atoms with Crippen molar-refractivity contribution in [3.8, 4) is 0 Å². The number of hydrogen-bond acceptors (Lipinski definition) is 5. The summed E-state index contributed by atoms with van der Waals surface area (Å²) in [6.07, 6.45) is 10.5. The first-order chi connectivity index (χ1) is 14.1. The number of aromatic nitrogens is 4. The van der Waals surface area contributed by atoms with Gasteiger partial charge in [0.1, 0.15) is 11.6 Å². The number of imidazole rings is 1. The summed E-state index contributed by atoms with van der Waals surface area (Å²) in [5.74, 6) is 3.64. The van der Waals surface area contributed by atoms with Gasteiger partial charge in [0.2, 0.25) is 0 Å². The molecule has 1 aliphatic carbocycles. The maximum absolute atomic E-state index is 12.9. The van der Waals surface area contributed by atoms with Crippen molar-refractivity contribution >= 4 is 11.7 Å². The monoisotopic (exact) mass is 394 g/mol. The van der Waals surface area contributed by atoms with Gasteiger partial charge in [0, 0.05) is 62.8 Å². The normalized spacial score (nSPS) is 21.9. The van der Waals surface area contributed by atoms with Crippen LogP contribution in [0.3, 0.4) is 0 Å². The molecule has 1 amide bonds. The van der Waals surface area contributed by atoms with Gasteiger partial charge in [-0.1, -0.05) is 0 Å². The Balaban J connectivity index is 1.39. The molecule has 0 N–H and O–H groups in total. The molecule has 0 spiro atoms. The van der Waals surface area contributed by atoms with E-state index in [1.807, 2.05) is 18.1 Å². The smallest absolute Gasteiger partial charge is 0.289 e. The lowest BCUT2D eigenvalue weighted by Gasteiger charge is -2.34. The number of amides is 1. The van der Waals surface area contributed by atoms with Crippen LogP contribution in [0.5, 0.6) is 0 Å². The van der Waals surface area contributed by atoms with Crippen molar-refractivity contribution in [1.29, 1.82) is 0 Å². The van der Waals surface area contributed by atoms with Gasteiger partial charge in [-0.2, -0.15) is 0 Å². The minimum absolute atomic E-state index is 0.00671. The summed E-state index contributed by atoms with van der Waals surface area (Å²) in [4.78, 5) is 31.6. The van der Waals surface area contributed by atoms with Gasteiger partial charge in [0.05, 0.1) is 0 Å². The van der Waals surface area contributed by atoms with Crippen LogP contribution in [0.2, 0.25) is 0 Å². The number of piperidine rings is 1. The Morgan fingerprint density at radius 2 is 2.03 bits per heavy atom. The Hall–Kier alpha value is -2.44. The van der Waals surface area contributed by atoms with Crippen LogP contribution < -0.4 is 4.90 Å². The van der Waals surface area contributed by atoms with Crippen LogP contribution in [-0.2, 0) is 13.5 Å². The van der Waals surface area contributed by atoms with Gasteiger partial charge in [0.25, 0.3) is 5.91 Å². The quantitative estimate of drug-likeness (QED) is 0.798. The number of aryl methyl sites for hydroxylation is 2. The molecule has 7 nitrogen and oxygen atoms in total. The average Bonchev–Trinajstić information content (AvgIpc) is 3.45. The van der Waals surface area contributed by atoms with Crippen molar-refractivity contribution in [3.05, 3.63) is 35.3 Å². The SMILES string of the molecule is Cc1nc(C2CCCN(C(=O)c3nccn3C)C2)nc2c1CCCN2CC1CC1. The molecule has 0 bridgehead atoms. The van der Waals surface area contributed by atoms with E-state index >= 15 is 0 Å². The van der Waals surface area contributed by atoms with Crippen molar-refractivity contribution in [2.45, 2.75) is 51.4 Å². The summed E-state index contributed by atoms with van der Waals surface area (Å²) in [6.45, 7) is 5.82. The van der Waals surface area contributed by atoms with Crippen LogP contribution in [0, 0.1) is 12.8 Å². The molecule has 0 radical (unpaired) electrons. The molecule has 2 fully saturated rings. The Kier molecular flexibility index (Phi) is 4.76. The van der Waals surface area contributed by atoms with E-state index in [0.717, 1.165) is 56.3 Å². The van der Waals surface area contributed by atoms with E-state index in [-0.39, 0.29) is 11.8 Å². The van der Waals surface area contributed by atoms with Gasteiger partial charge < -0.3 is 14.4 Å². The Labute approximate surface area is 172 Å². The lowest BCUT2D eigenvalue weighted by molar-refractivity contribution is 0.0688. The molecule has 1 saturated heterocycles. The number of hydrogen-bond donors (Lipinski definition) is 0. The van der Waals surface area contributed by atoms with Crippen molar-refractivity contribution in [3.63, 3.8) is 0 Å². The number of rotatable bonds is 4. The highest BCUT2D eigenvalue weighted by Gasteiger charge is 2.32. The van der Waals surface area contributed by atoms with Crippen LogP contribution in [-0.4, -0.2) is 56.5 Å². The van der Waals surface area contributed by atoms with Gasteiger partial charge in [-0.15, -0.1) is 0 Å². The molecular formula is C22H30N6O. The first-order valence-corrected chi connectivity index (χ1v) is 11.0. The van der Waals surface area contributed by atoms with Crippen LogP contribution in [0.25, 0.3) is 0 Å². The van der Waals surface area contributed by atoms with Gasteiger partial charge in [-0.3, -0.25) is 4.79 Å². The number of carbonyl (C=O) groups is 1. The van der Waals surface area contributed by atoms with Crippen molar-refractivity contribution in [2.24, 2.45) is 13.0 Å². The number of fused-ring (bicyclic) bond motifs is 1. The predicted octanol–water partition coefficient (Wildman–Crippen LogP) is 2.70. The number of anilines is 1. The van der Waals surface area contributed by atoms with E-state index in [0.29, 0.717) is 12.4 Å². The summed E-state index contributed by atoms with van der Waals surface area (Å²) in [6, 6.07) is 0. The molecule has 1 saturated carbocycles. The molecule has 4 heterocycles. The van der Waals surface area contributed by atoms with Gasteiger partial charge in [-0.25, -0.2) is 15.0 Å². The number of likely N-dealkylation sites (tertiary alicyclic amines) is 1. The second kappa shape index (κ2) is 7.43. The molecule has 154 valence electrons. The molecule has 29 heavy (non-hydrogen) atoms. The van der Waals surface area contributed by atoms with Crippen LogP contribution in [0.15, 0.2) is 12.4 Å². The summed E-state index contributed by atoms with van der Waals surface area (Å²) < 4.78 is 1.79. The minimum Gasteiger partial charge on any atom is -0.356 e. The first-order valence-electron chi connectivity index (χ1n) is 11.0. The van der Waals surface area contributed by atoms with Gasteiger partial charge in [0.15, 0.2) is 5.82 Å². The standard InChI is InChI=1S/C22H30N6O/c1-15-18-6-4-10-27(13-16-7-8-16)20(18)25-19(24-15)17-5-3-11-28(14-17)22(29)21-23-9-12-26(21)2/h9,12,16-17H,3-8,10-11,13-14H2,1-2H3. The topological polar surface area (TPSA) is 67.2 Å². The minimum atomic E-state index is 0.00671. The summed E-state index contributed by atoms with van der Waals surface area (Å²) in [5, 5.41) is 0. The molecule has 7 heteroatoms. The summed E-state index contributed by atoms with van der Waals surface area (Å²) in [5.41, 5.74) is 2.45. The van der Waals surface area contributed by atoms with Crippen molar-refractivity contribution < 1.29 is 4.79 Å². The fourth-order valence-corrected chi connectivity index (χ4v) is 4.77. The summed E-state index contributed by atoms with van der Waals surface area (Å²) in [7, 11) is 1.87. The molecule has 2 aromatic rings. The van der Waals surface area contributed by atoms with E-state index in [9.17, 15) is 4.79 Å². The Bertz CT molecular complexity index is 918. The molecule has 1 unspecified atom stereocenters. The molecule has 2 aromatic heterocycles. The Morgan fingerprint density at radius 1 is 1.17 bits per heavy atom. The second-order valence-corrected chi connectivity index (χ2v) is 8.91. The molecule has 2 aliphatic heterocycles. The second-order valence-electron chi connectivity index (χ2n) is 8.91. The van der Waals surface area contributed by atoms with Gasteiger partial charge >= 0.3 is 0 Å². The average molecular weight is 395 g/mol. The third-order valence-electron chi connectivity index (χ3n) is 6.63. The summed E-state index contributed by atoms with van der Waals surface area (Å²) >= 11 is 0. The zero-order valence-electron chi connectivity index (χ0n) is 17.5. The number of nitrogens with zero attached hydrogens (tertiary/aromatic N) is 6. The van der Waals surface area contributed by atoms with Crippen molar-refractivity contribution in [2.75, 3.05) is 31.1 Å². The predicted molar refractivity (Wildman–Crippen MR) is 111 cm³/mol. The zero-order valence-corrected chi connectivity index (χ0v) is 17.5. The first kappa shape index (κ1) is 18.6. The van der Waals surface area contributed by atoms with Crippen molar-refractivity contribution in [1.82, 2.24) is 24.4 Å². The molecule has 3 aliphatic rings. The fraction of sp³-hybridized carbons (Fsp3) is 0.636. The molecular weight excluding hydrogens is 364 g/mol. The van der Waals surface area contributed by atoms with Crippen LogP contribution in [0.1, 0.15) is 65.7 Å². The van der Waals surface area contributed by atoms with E-state index in [4.69, 9.17) is 9.97 Å². The zero-order chi connectivity index (χ0) is 20.0. The van der Waals surface area contributed by atoms with E-state index < -0.39 is 0 Å². The van der Waals surface area contributed by atoms with Gasteiger partial charge in [-0.05, 0) is 51.4 Å². The highest BCUT2D eigenvalue weighted by atomic mass is 16.2. The third-order valence-corrected chi connectivity index (χ3v) is 6.63. The molecule has 0 aromatic carbocycles. The van der Waals surface area contributed by atoms with E-state index in [2.05, 4.69) is 16.8 Å².